The Morgan fingerprint density at radius 2 is 1.25 bits per heavy atom. The van der Waals surface area contributed by atoms with Gasteiger partial charge in [-0.3, -0.25) is 0 Å². The SMILES string of the molecule is COC.[Sn+4]. The molecule has 0 aliphatic rings. The zero-order chi connectivity index (χ0) is 2.71. The molecule has 0 aromatic carbocycles. The molecule has 0 amide bonds. The van der Waals surface area contributed by atoms with Crippen LogP contribution in [0.5, 0.6) is 0 Å². The van der Waals surface area contributed by atoms with Crippen molar-refractivity contribution in [3.8, 4) is 0 Å². The average molecular weight is 165 g/mol. The molecule has 0 fully saturated rings. The van der Waals surface area contributed by atoms with Crippen LogP contribution >= 0.6 is 0 Å². The fourth-order valence-electron chi connectivity index (χ4n) is 0. The van der Waals surface area contributed by atoms with Gasteiger partial charge < -0.3 is 4.74 Å². The van der Waals surface area contributed by atoms with Crippen LogP contribution in [0.2, 0.25) is 0 Å². The minimum atomic E-state index is 0. The normalized spacial score (nSPS) is 4.50. The number of hydrogen-bond donors (Lipinski definition) is 0. The zero-order valence-corrected chi connectivity index (χ0v) is 5.76. The molecule has 20 valence electrons. The molecule has 0 rings (SSSR count). The first-order valence-corrected chi connectivity index (χ1v) is 0.816. The Balaban J connectivity index is 0. The largest absolute Gasteiger partial charge is 4.00 e. The van der Waals surface area contributed by atoms with E-state index in [0.717, 1.165) is 0 Å². The Morgan fingerprint density at radius 3 is 1.25 bits per heavy atom. The van der Waals surface area contributed by atoms with Gasteiger partial charge in [0.1, 0.15) is 0 Å². The van der Waals surface area contributed by atoms with Gasteiger partial charge in [-0.25, -0.2) is 0 Å². The van der Waals surface area contributed by atoms with E-state index in [1.807, 2.05) is 0 Å². The Hall–Kier alpha value is 0.759. The second-order valence-electron chi connectivity index (χ2n) is 0.408. The van der Waals surface area contributed by atoms with Crippen LogP contribution in [-0.2, 0) is 4.74 Å². The monoisotopic (exact) mass is 166 g/mol. The molecule has 0 bridgehead atoms. The second-order valence-corrected chi connectivity index (χ2v) is 0.408. The molecule has 0 aromatic rings. The van der Waals surface area contributed by atoms with Crippen molar-refractivity contribution in [2.24, 2.45) is 0 Å². The summed E-state index contributed by atoms with van der Waals surface area (Å²) in [5.74, 6) is 0. The first kappa shape index (κ1) is 8.83. The molecule has 1 nitrogen and oxygen atoms in total. The van der Waals surface area contributed by atoms with Crippen LogP contribution in [0.1, 0.15) is 0 Å². The van der Waals surface area contributed by atoms with Crippen LogP contribution in [0.25, 0.3) is 0 Å². The van der Waals surface area contributed by atoms with Crippen LogP contribution in [0.15, 0.2) is 0 Å². The van der Waals surface area contributed by atoms with Crippen LogP contribution in [-0.4, -0.2) is 38.1 Å². The second kappa shape index (κ2) is 9.25. The topological polar surface area (TPSA) is 9.23 Å². The van der Waals surface area contributed by atoms with Crippen molar-refractivity contribution in [1.82, 2.24) is 0 Å². The molecular formula is C2H6OSn+4. The summed E-state index contributed by atoms with van der Waals surface area (Å²) >= 11 is 0. The third-order valence-corrected chi connectivity index (χ3v) is 0. The Morgan fingerprint density at radius 1 is 1.25 bits per heavy atom. The number of methoxy groups -OCH3 is 1. The molecule has 0 saturated heterocycles. The molecule has 0 aliphatic heterocycles. The van der Waals surface area contributed by atoms with Crippen LogP contribution in [0.3, 0.4) is 0 Å². The van der Waals surface area contributed by atoms with Crippen LogP contribution < -0.4 is 0 Å². The fourth-order valence-corrected chi connectivity index (χ4v) is 0. The van der Waals surface area contributed by atoms with Gasteiger partial charge in [0.15, 0.2) is 0 Å². The summed E-state index contributed by atoms with van der Waals surface area (Å²) in [5.41, 5.74) is 0. The summed E-state index contributed by atoms with van der Waals surface area (Å²) in [6.07, 6.45) is 0. The summed E-state index contributed by atoms with van der Waals surface area (Å²) in [5, 5.41) is 0. The van der Waals surface area contributed by atoms with E-state index >= 15 is 0 Å². The van der Waals surface area contributed by atoms with Crippen molar-refractivity contribution in [1.29, 1.82) is 0 Å². The first-order chi connectivity index (χ1) is 1.41. The number of ether oxygens (including phenoxy) is 1. The third-order valence-electron chi connectivity index (χ3n) is 0. The number of rotatable bonds is 0. The van der Waals surface area contributed by atoms with Gasteiger partial charge in [0.05, 0.1) is 0 Å². The van der Waals surface area contributed by atoms with Gasteiger partial charge in [0.2, 0.25) is 0 Å². The van der Waals surface area contributed by atoms with Crippen molar-refractivity contribution in [3.63, 3.8) is 0 Å². The van der Waals surface area contributed by atoms with E-state index in [9.17, 15) is 0 Å². The molecule has 0 saturated carbocycles. The van der Waals surface area contributed by atoms with E-state index in [2.05, 4.69) is 4.74 Å². The van der Waals surface area contributed by atoms with Gasteiger partial charge in [-0.15, -0.1) is 0 Å². The average Bonchev–Trinajstić information content (AvgIpc) is 0.918. The Bertz CT molecular complexity index is 6.00. The molecule has 4 heavy (non-hydrogen) atoms. The van der Waals surface area contributed by atoms with E-state index in [4.69, 9.17) is 0 Å². The first-order valence-electron chi connectivity index (χ1n) is 0.816. The quantitative estimate of drug-likeness (QED) is 0.454. The minimum Gasteiger partial charge on any atom is -0.388 e. The molecular weight excluding hydrogens is 159 g/mol. The predicted octanol–water partition coefficient (Wildman–Crippen LogP) is -0.118. The summed E-state index contributed by atoms with van der Waals surface area (Å²) in [7, 11) is 3.25. The van der Waals surface area contributed by atoms with Crippen LogP contribution in [0, 0.1) is 0 Å². The van der Waals surface area contributed by atoms with E-state index < -0.39 is 0 Å². The molecule has 0 atom stereocenters. The van der Waals surface area contributed by atoms with Crippen molar-refractivity contribution in [2.45, 2.75) is 0 Å². The molecule has 0 aromatic heterocycles. The fraction of sp³-hybridized carbons (Fsp3) is 1.00. The predicted molar refractivity (Wildman–Crippen MR) is 18.7 cm³/mol. The van der Waals surface area contributed by atoms with E-state index in [-0.39, 0.29) is 23.9 Å². The van der Waals surface area contributed by atoms with Gasteiger partial charge in [0.25, 0.3) is 0 Å². The van der Waals surface area contributed by atoms with Crippen molar-refractivity contribution in [3.05, 3.63) is 0 Å². The standard InChI is InChI=1S/C2H6O.Sn/c1-3-2;/h1-2H3;/q;+4. The maximum Gasteiger partial charge on any atom is 4.00 e. The molecule has 2 heteroatoms. The van der Waals surface area contributed by atoms with E-state index in [1.165, 1.54) is 0 Å². The third kappa shape index (κ3) is 14.8. The summed E-state index contributed by atoms with van der Waals surface area (Å²) in [6.45, 7) is 0. The smallest absolute Gasteiger partial charge is 0.388 e. The summed E-state index contributed by atoms with van der Waals surface area (Å²) in [4.78, 5) is 0. The Kier molecular flexibility index (Phi) is 20.4. The van der Waals surface area contributed by atoms with Gasteiger partial charge in [-0.05, 0) is 0 Å². The van der Waals surface area contributed by atoms with Gasteiger partial charge >= 0.3 is 23.9 Å². The molecule has 0 heterocycles. The van der Waals surface area contributed by atoms with E-state index in [0.29, 0.717) is 0 Å². The van der Waals surface area contributed by atoms with Crippen molar-refractivity contribution in [2.75, 3.05) is 14.2 Å². The maximum atomic E-state index is 4.25. The number of hydrogen-bond acceptors (Lipinski definition) is 1. The maximum absolute atomic E-state index is 4.25. The molecule has 0 aliphatic carbocycles. The molecule has 0 radical (unpaired) electrons. The van der Waals surface area contributed by atoms with Crippen LogP contribution in [0.4, 0.5) is 0 Å². The Labute approximate surface area is 43.3 Å². The zero-order valence-electron chi connectivity index (χ0n) is 2.91. The summed E-state index contributed by atoms with van der Waals surface area (Å²) < 4.78 is 4.25. The van der Waals surface area contributed by atoms with Gasteiger partial charge in [0, 0.05) is 14.2 Å². The molecule has 0 unspecified atom stereocenters. The van der Waals surface area contributed by atoms with E-state index in [1.54, 1.807) is 14.2 Å². The molecule has 0 N–H and O–H groups in total. The molecule has 0 spiro atoms. The minimum absolute atomic E-state index is 0. The van der Waals surface area contributed by atoms with Crippen molar-refractivity contribution >= 4 is 23.9 Å². The van der Waals surface area contributed by atoms with Gasteiger partial charge in [-0.1, -0.05) is 0 Å². The van der Waals surface area contributed by atoms with Gasteiger partial charge in [-0.2, -0.15) is 0 Å². The summed E-state index contributed by atoms with van der Waals surface area (Å²) in [6, 6.07) is 0. The van der Waals surface area contributed by atoms with Crippen molar-refractivity contribution < 1.29 is 4.74 Å².